The topological polar surface area (TPSA) is 70.1 Å². The summed E-state index contributed by atoms with van der Waals surface area (Å²) in [5, 5.41) is 3.25. The predicted molar refractivity (Wildman–Crippen MR) is 116 cm³/mol. The lowest BCUT2D eigenvalue weighted by Crippen LogP contribution is -2.45. The Bertz CT molecular complexity index is 920. The molecule has 7 heteroatoms. The first kappa shape index (κ1) is 19.3. The largest absolute Gasteiger partial charge is 0.338 e. The van der Waals surface area contributed by atoms with Gasteiger partial charge in [0.15, 0.2) is 0 Å². The fraction of sp³-hybridized carbons (Fsp3) is 0.364. The van der Waals surface area contributed by atoms with Crippen molar-refractivity contribution < 1.29 is 0 Å². The average Bonchev–Trinajstić information content (AvgIpc) is 2.76. The van der Waals surface area contributed by atoms with Gasteiger partial charge in [0.25, 0.3) is 0 Å². The molecular formula is C22H27N7. The Hall–Kier alpha value is -3.06. The first-order valence-electron chi connectivity index (χ1n) is 10.1. The maximum absolute atomic E-state index is 4.65. The van der Waals surface area contributed by atoms with E-state index >= 15 is 0 Å². The third-order valence-electron chi connectivity index (χ3n) is 5.09. The van der Waals surface area contributed by atoms with Gasteiger partial charge in [-0.25, -0.2) is 4.98 Å². The number of aromatic nitrogens is 4. The normalized spacial score (nSPS) is 14.8. The minimum Gasteiger partial charge on any atom is -0.338 e. The number of piperazine rings is 1. The highest BCUT2D eigenvalue weighted by atomic mass is 15.3. The van der Waals surface area contributed by atoms with Crippen molar-refractivity contribution in [3.63, 3.8) is 0 Å². The van der Waals surface area contributed by atoms with Crippen LogP contribution in [-0.4, -0.2) is 58.1 Å². The number of rotatable bonds is 6. The van der Waals surface area contributed by atoms with E-state index < -0.39 is 0 Å². The van der Waals surface area contributed by atoms with Crippen LogP contribution in [0.4, 0.5) is 17.7 Å². The quantitative estimate of drug-likeness (QED) is 0.695. The molecule has 1 aromatic carbocycles. The van der Waals surface area contributed by atoms with Crippen molar-refractivity contribution in [2.45, 2.75) is 19.8 Å². The minimum atomic E-state index is 0.550. The second-order valence-corrected chi connectivity index (χ2v) is 7.36. The third kappa shape index (κ3) is 5.06. The van der Waals surface area contributed by atoms with E-state index in [1.165, 1.54) is 11.1 Å². The molecule has 4 rings (SSSR count). The molecule has 0 bridgehead atoms. The number of nitrogens with zero attached hydrogens (tertiary/aromatic N) is 6. The molecule has 0 amide bonds. The molecule has 0 aliphatic carbocycles. The van der Waals surface area contributed by atoms with Crippen molar-refractivity contribution in [2.24, 2.45) is 0 Å². The van der Waals surface area contributed by atoms with Crippen molar-refractivity contribution in [1.29, 1.82) is 0 Å². The molecule has 150 valence electrons. The predicted octanol–water partition coefficient (Wildman–Crippen LogP) is 2.92. The summed E-state index contributed by atoms with van der Waals surface area (Å²) in [4.78, 5) is 22.9. The van der Waals surface area contributed by atoms with Crippen LogP contribution in [0.5, 0.6) is 0 Å². The smallest absolute Gasteiger partial charge is 0.233 e. The monoisotopic (exact) mass is 389 g/mol. The van der Waals surface area contributed by atoms with Crippen LogP contribution in [0.2, 0.25) is 0 Å². The zero-order chi connectivity index (χ0) is 20.1. The van der Waals surface area contributed by atoms with Crippen molar-refractivity contribution in [1.82, 2.24) is 24.8 Å². The molecular weight excluding hydrogens is 362 g/mol. The molecule has 0 spiro atoms. The number of hydrogen-bond acceptors (Lipinski definition) is 7. The molecule has 29 heavy (non-hydrogen) atoms. The standard InChI is InChI=1S/C22H27N7/c1-3-19-24-21(27-22(26-19)29-13-11-28(2)12-14-29)25-20-10-9-18(16-23-20)15-17-7-5-4-6-8-17/h4-10,16H,3,11-15H2,1-2H3,(H,23,24,25,26,27). The fourth-order valence-corrected chi connectivity index (χ4v) is 3.32. The molecule has 3 aromatic rings. The van der Waals surface area contributed by atoms with Gasteiger partial charge in [0.1, 0.15) is 11.6 Å². The van der Waals surface area contributed by atoms with E-state index in [9.17, 15) is 0 Å². The van der Waals surface area contributed by atoms with E-state index in [1.54, 1.807) is 0 Å². The summed E-state index contributed by atoms with van der Waals surface area (Å²) < 4.78 is 0. The van der Waals surface area contributed by atoms with Gasteiger partial charge in [-0.2, -0.15) is 15.0 Å². The van der Waals surface area contributed by atoms with Gasteiger partial charge in [-0.15, -0.1) is 0 Å². The Morgan fingerprint density at radius 1 is 0.897 bits per heavy atom. The molecule has 1 aliphatic heterocycles. The lowest BCUT2D eigenvalue weighted by Gasteiger charge is -2.32. The third-order valence-corrected chi connectivity index (χ3v) is 5.09. The Morgan fingerprint density at radius 2 is 1.69 bits per heavy atom. The maximum atomic E-state index is 4.65. The summed E-state index contributed by atoms with van der Waals surface area (Å²) in [6.07, 6.45) is 3.54. The van der Waals surface area contributed by atoms with Crippen LogP contribution in [0.25, 0.3) is 0 Å². The number of pyridine rings is 1. The molecule has 0 saturated carbocycles. The van der Waals surface area contributed by atoms with E-state index in [2.05, 4.69) is 79.4 Å². The molecule has 2 aromatic heterocycles. The average molecular weight is 390 g/mol. The van der Waals surface area contributed by atoms with Crippen LogP contribution in [0.3, 0.4) is 0 Å². The van der Waals surface area contributed by atoms with Gasteiger partial charge >= 0.3 is 0 Å². The van der Waals surface area contributed by atoms with Crippen molar-refractivity contribution in [3.05, 3.63) is 65.6 Å². The minimum absolute atomic E-state index is 0.550. The zero-order valence-corrected chi connectivity index (χ0v) is 17.0. The molecule has 7 nitrogen and oxygen atoms in total. The molecule has 1 aliphatic rings. The van der Waals surface area contributed by atoms with E-state index in [0.29, 0.717) is 5.95 Å². The number of likely N-dealkylation sites (N-methyl/N-ethyl adjacent to an activating group) is 1. The molecule has 1 N–H and O–H groups in total. The van der Waals surface area contributed by atoms with Gasteiger partial charge in [-0.1, -0.05) is 43.3 Å². The Kier molecular flexibility index (Phi) is 5.95. The van der Waals surface area contributed by atoms with Crippen molar-refractivity contribution >= 4 is 17.7 Å². The second kappa shape index (κ2) is 8.96. The highest BCUT2D eigenvalue weighted by molar-refractivity contribution is 5.50. The van der Waals surface area contributed by atoms with Crippen LogP contribution >= 0.6 is 0 Å². The summed E-state index contributed by atoms with van der Waals surface area (Å²) in [6, 6.07) is 14.5. The van der Waals surface area contributed by atoms with E-state index in [1.807, 2.05) is 18.3 Å². The van der Waals surface area contributed by atoms with Gasteiger partial charge in [0, 0.05) is 38.8 Å². The van der Waals surface area contributed by atoms with Crippen molar-refractivity contribution in [3.8, 4) is 0 Å². The summed E-state index contributed by atoms with van der Waals surface area (Å²) in [5.41, 5.74) is 2.45. The first-order valence-corrected chi connectivity index (χ1v) is 10.1. The van der Waals surface area contributed by atoms with Gasteiger partial charge in [-0.3, -0.25) is 0 Å². The Labute approximate surface area is 171 Å². The van der Waals surface area contributed by atoms with Crippen LogP contribution < -0.4 is 10.2 Å². The molecule has 1 fully saturated rings. The van der Waals surface area contributed by atoms with Crippen molar-refractivity contribution in [2.75, 3.05) is 43.4 Å². The zero-order valence-electron chi connectivity index (χ0n) is 17.0. The number of nitrogens with one attached hydrogen (secondary N) is 1. The summed E-state index contributed by atoms with van der Waals surface area (Å²) in [6.45, 7) is 5.94. The molecule has 1 saturated heterocycles. The van der Waals surface area contributed by atoms with Crippen LogP contribution in [0.1, 0.15) is 23.9 Å². The van der Waals surface area contributed by atoms with E-state index in [-0.39, 0.29) is 0 Å². The highest BCUT2D eigenvalue weighted by Gasteiger charge is 2.18. The molecule has 3 heterocycles. The number of aryl methyl sites for hydroxylation is 1. The SMILES string of the molecule is CCc1nc(Nc2ccc(Cc3ccccc3)cn2)nc(N2CCN(C)CC2)n1. The Morgan fingerprint density at radius 3 is 2.38 bits per heavy atom. The number of hydrogen-bond donors (Lipinski definition) is 1. The van der Waals surface area contributed by atoms with Gasteiger partial charge in [0.05, 0.1) is 0 Å². The van der Waals surface area contributed by atoms with E-state index in [4.69, 9.17) is 0 Å². The van der Waals surface area contributed by atoms with Gasteiger partial charge in [-0.05, 0) is 30.7 Å². The Balaban J connectivity index is 1.47. The second-order valence-electron chi connectivity index (χ2n) is 7.36. The van der Waals surface area contributed by atoms with Crippen LogP contribution in [-0.2, 0) is 12.8 Å². The molecule has 0 radical (unpaired) electrons. The lowest BCUT2D eigenvalue weighted by atomic mass is 10.1. The fourth-order valence-electron chi connectivity index (χ4n) is 3.32. The van der Waals surface area contributed by atoms with Crippen LogP contribution in [0.15, 0.2) is 48.7 Å². The maximum Gasteiger partial charge on any atom is 0.233 e. The summed E-state index contributed by atoms with van der Waals surface area (Å²) >= 11 is 0. The molecule has 0 atom stereocenters. The highest BCUT2D eigenvalue weighted by Crippen LogP contribution is 2.17. The van der Waals surface area contributed by atoms with E-state index in [0.717, 1.165) is 56.6 Å². The summed E-state index contributed by atoms with van der Waals surface area (Å²) in [7, 11) is 2.14. The lowest BCUT2D eigenvalue weighted by molar-refractivity contribution is 0.311. The number of benzene rings is 1. The molecule has 0 unspecified atom stereocenters. The summed E-state index contributed by atoms with van der Waals surface area (Å²) in [5.74, 6) is 2.82. The van der Waals surface area contributed by atoms with Gasteiger partial charge < -0.3 is 15.1 Å². The van der Waals surface area contributed by atoms with Crippen LogP contribution in [0, 0.1) is 0 Å². The number of anilines is 3. The van der Waals surface area contributed by atoms with Gasteiger partial charge in [0.2, 0.25) is 11.9 Å². The first-order chi connectivity index (χ1) is 14.2.